The number of amides is 2. The Bertz CT molecular complexity index is 707. The normalized spacial score (nSPS) is 14.3. The summed E-state index contributed by atoms with van der Waals surface area (Å²) >= 11 is 0. The SMILES string of the molecule is COC(=O)CN1CCN(C(=O)CNC(=O)c2ccc(N=C(N)N)cc2)CC1. The third kappa shape index (κ3) is 6.26. The maximum absolute atomic E-state index is 12.2. The van der Waals surface area contributed by atoms with Crippen molar-refractivity contribution in [1.29, 1.82) is 0 Å². The molecule has 0 aromatic heterocycles. The first-order valence-corrected chi connectivity index (χ1v) is 8.44. The number of piperazine rings is 1. The van der Waals surface area contributed by atoms with Gasteiger partial charge in [0.2, 0.25) is 5.91 Å². The minimum atomic E-state index is -0.357. The van der Waals surface area contributed by atoms with E-state index in [0.717, 1.165) is 0 Å². The Kier molecular flexibility index (Phi) is 7.12. The molecule has 1 heterocycles. The highest BCUT2D eigenvalue weighted by atomic mass is 16.5. The summed E-state index contributed by atoms with van der Waals surface area (Å²) in [7, 11) is 1.35. The van der Waals surface area contributed by atoms with E-state index < -0.39 is 0 Å². The van der Waals surface area contributed by atoms with E-state index in [2.05, 4.69) is 15.0 Å². The zero-order chi connectivity index (χ0) is 19.8. The molecule has 0 saturated carbocycles. The number of nitrogens with one attached hydrogen (secondary N) is 1. The molecule has 10 nitrogen and oxygen atoms in total. The molecule has 0 radical (unpaired) electrons. The third-order valence-electron chi connectivity index (χ3n) is 4.09. The van der Waals surface area contributed by atoms with Crippen molar-refractivity contribution in [2.45, 2.75) is 0 Å². The smallest absolute Gasteiger partial charge is 0.319 e. The molecule has 1 fully saturated rings. The fourth-order valence-corrected chi connectivity index (χ4v) is 2.61. The first-order chi connectivity index (χ1) is 12.9. The number of hydrogen-bond donors (Lipinski definition) is 3. The van der Waals surface area contributed by atoms with Crippen LogP contribution in [0.2, 0.25) is 0 Å². The van der Waals surface area contributed by atoms with Gasteiger partial charge in [0, 0.05) is 31.7 Å². The number of nitrogens with two attached hydrogens (primary N) is 2. The molecule has 0 aliphatic carbocycles. The molecule has 1 aromatic rings. The molecule has 27 heavy (non-hydrogen) atoms. The van der Waals surface area contributed by atoms with Gasteiger partial charge < -0.3 is 26.4 Å². The summed E-state index contributed by atoms with van der Waals surface area (Å²) in [6.45, 7) is 2.29. The molecule has 1 aliphatic heterocycles. The largest absolute Gasteiger partial charge is 0.468 e. The van der Waals surface area contributed by atoms with Crippen molar-refractivity contribution in [3.05, 3.63) is 29.8 Å². The van der Waals surface area contributed by atoms with E-state index in [0.29, 0.717) is 37.4 Å². The molecule has 2 rings (SSSR count). The number of nitrogens with zero attached hydrogens (tertiary/aromatic N) is 3. The Morgan fingerprint density at radius 1 is 1.11 bits per heavy atom. The van der Waals surface area contributed by atoms with Crippen molar-refractivity contribution >= 4 is 29.4 Å². The number of carbonyl (C=O) groups excluding carboxylic acids is 3. The van der Waals surface area contributed by atoms with Crippen molar-refractivity contribution < 1.29 is 19.1 Å². The quantitative estimate of drug-likeness (QED) is 0.316. The molecular formula is C17H24N6O4. The fraction of sp³-hybridized carbons (Fsp3) is 0.412. The van der Waals surface area contributed by atoms with Gasteiger partial charge in [-0.1, -0.05) is 0 Å². The summed E-state index contributed by atoms with van der Waals surface area (Å²) in [6, 6.07) is 6.37. The Morgan fingerprint density at radius 2 is 1.74 bits per heavy atom. The van der Waals surface area contributed by atoms with Gasteiger partial charge in [-0.3, -0.25) is 19.3 Å². The van der Waals surface area contributed by atoms with Gasteiger partial charge in [0.25, 0.3) is 5.91 Å². The lowest BCUT2D eigenvalue weighted by Gasteiger charge is -2.34. The van der Waals surface area contributed by atoms with Crippen LogP contribution >= 0.6 is 0 Å². The predicted octanol–water partition coefficient (Wildman–Crippen LogP) is -1.36. The molecule has 0 unspecified atom stereocenters. The molecule has 146 valence electrons. The van der Waals surface area contributed by atoms with E-state index in [1.165, 1.54) is 7.11 Å². The molecule has 0 atom stereocenters. The van der Waals surface area contributed by atoms with Crippen molar-refractivity contribution in [2.24, 2.45) is 16.5 Å². The number of esters is 1. The summed E-state index contributed by atoms with van der Waals surface area (Å²) < 4.78 is 4.63. The van der Waals surface area contributed by atoms with Gasteiger partial charge in [-0.05, 0) is 24.3 Å². The summed E-state index contributed by atoms with van der Waals surface area (Å²) in [5, 5.41) is 2.61. The number of guanidine groups is 1. The molecule has 0 spiro atoms. The Labute approximate surface area is 157 Å². The molecule has 2 amide bonds. The maximum Gasteiger partial charge on any atom is 0.319 e. The van der Waals surface area contributed by atoms with Gasteiger partial charge in [0.05, 0.1) is 25.9 Å². The average molecular weight is 376 g/mol. The number of methoxy groups -OCH3 is 1. The molecule has 1 aromatic carbocycles. The molecule has 1 aliphatic rings. The van der Waals surface area contributed by atoms with E-state index in [-0.39, 0.29) is 36.8 Å². The van der Waals surface area contributed by atoms with Crippen LogP contribution in [-0.4, -0.2) is 79.9 Å². The zero-order valence-corrected chi connectivity index (χ0v) is 15.2. The van der Waals surface area contributed by atoms with Gasteiger partial charge in [0.15, 0.2) is 5.96 Å². The number of aliphatic imine (C=N–C) groups is 1. The van der Waals surface area contributed by atoms with E-state index in [9.17, 15) is 14.4 Å². The Morgan fingerprint density at radius 3 is 2.30 bits per heavy atom. The highest BCUT2D eigenvalue weighted by Crippen LogP contribution is 2.12. The number of hydrogen-bond acceptors (Lipinski definition) is 6. The number of rotatable bonds is 6. The predicted molar refractivity (Wildman–Crippen MR) is 99.3 cm³/mol. The summed E-state index contributed by atoms with van der Waals surface area (Å²) in [6.07, 6.45) is 0. The molecular weight excluding hydrogens is 352 g/mol. The fourth-order valence-electron chi connectivity index (χ4n) is 2.61. The topological polar surface area (TPSA) is 143 Å². The van der Waals surface area contributed by atoms with Crippen molar-refractivity contribution in [1.82, 2.24) is 15.1 Å². The lowest BCUT2D eigenvalue weighted by molar-refractivity contribution is -0.142. The number of carbonyl (C=O) groups is 3. The van der Waals surface area contributed by atoms with Crippen molar-refractivity contribution in [2.75, 3.05) is 46.4 Å². The van der Waals surface area contributed by atoms with Crippen LogP contribution in [0.4, 0.5) is 5.69 Å². The average Bonchev–Trinajstić information content (AvgIpc) is 2.66. The van der Waals surface area contributed by atoms with Crippen LogP contribution in [-0.2, 0) is 14.3 Å². The maximum atomic E-state index is 12.2. The highest BCUT2D eigenvalue weighted by Gasteiger charge is 2.22. The summed E-state index contributed by atoms with van der Waals surface area (Å²) in [5.41, 5.74) is 11.5. The van der Waals surface area contributed by atoms with Gasteiger partial charge >= 0.3 is 5.97 Å². The van der Waals surface area contributed by atoms with Crippen LogP contribution < -0.4 is 16.8 Å². The Balaban J connectivity index is 1.77. The second-order valence-electron chi connectivity index (χ2n) is 6.00. The lowest BCUT2D eigenvalue weighted by Crippen LogP contribution is -2.52. The van der Waals surface area contributed by atoms with E-state index in [4.69, 9.17) is 11.5 Å². The van der Waals surface area contributed by atoms with Crippen LogP contribution in [0.25, 0.3) is 0 Å². The third-order valence-corrected chi connectivity index (χ3v) is 4.09. The van der Waals surface area contributed by atoms with Gasteiger partial charge in [0.1, 0.15) is 0 Å². The van der Waals surface area contributed by atoms with Crippen LogP contribution in [0.1, 0.15) is 10.4 Å². The lowest BCUT2D eigenvalue weighted by atomic mass is 10.2. The van der Waals surface area contributed by atoms with Crippen molar-refractivity contribution in [3.8, 4) is 0 Å². The number of ether oxygens (including phenoxy) is 1. The zero-order valence-electron chi connectivity index (χ0n) is 15.2. The van der Waals surface area contributed by atoms with E-state index in [1.807, 2.05) is 4.90 Å². The summed E-state index contributed by atoms with van der Waals surface area (Å²) in [4.78, 5) is 43.1. The van der Waals surface area contributed by atoms with Gasteiger partial charge in [-0.25, -0.2) is 4.99 Å². The molecule has 5 N–H and O–H groups in total. The highest BCUT2D eigenvalue weighted by molar-refractivity contribution is 5.96. The van der Waals surface area contributed by atoms with E-state index >= 15 is 0 Å². The van der Waals surface area contributed by atoms with Gasteiger partial charge in [-0.2, -0.15) is 0 Å². The Hall–Kier alpha value is -3.14. The minimum absolute atomic E-state index is 0.0653. The molecule has 0 bridgehead atoms. The first kappa shape index (κ1) is 20.2. The van der Waals surface area contributed by atoms with Crippen LogP contribution in [0.3, 0.4) is 0 Å². The van der Waals surface area contributed by atoms with Crippen LogP contribution in [0, 0.1) is 0 Å². The summed E-state index contributed by atoms with van der Waals surface area (Å²) in [5.74, 6) is -0.889. The van der Waals surface area contributed by atoms with Crippen molar-refractivity contribution in [3.63, 3.8) is 0 Å². The van der Waals surface area contributed by atoms with Gasteiger partial charge in [-0.15, -0.1) is 0 Å². The monoisotopic (exact) mass is 376 g/mol. The van der Waals surface area contributed by atoms with Crippen LogP contribution in [0.15, 0.2) is 29.3 Å². The molecule has 1 saturated heterocycles. The molecule has 10 heteroatoms. The second kappa shape index (κ2) is 9.53. The van der Waals surface area contributed by atoms with E-state index in [1.54, 1.807) is 29.2 Å². The second-order valence-corrected chi connectivity index (χ2v) is 6.00. The standard InChI is InChI=1S/C17H24N6O4/c1-27-15(25)11-22-6-8-23(9-7-22)14(24)10-20-16(26)12-2-4-13(5-3-12)21-17(18)19/h2-5H,6-11H2,1H3,(H,20,26)(H4,18,19,21). The minimum Gasteiger partial charge on any atom is -0.468 e. The van der Waals surface area contributed by atoms with Crippen LogP contribution in [0.5, 0.6) is 0 Å². The first-order valence-electron chi connectivity index (χ1n) is 8.44. The number of benzene rings is 1.